The van der Waals surface area contributed by atoms with E-state index in [0.717, 1.165) is 0 Å². The standard InChI is InChI=1S/C4H3Cl2N3S/c5-1-2(6)9-4(10)3(7)8-1/h(H2,7,8)(H,9,10). The molecule has 0 bridgehead atoms. The molecule has 10 heavy (non-hydrogen) atoms. The second-order valence-corrected chi connectivity index (χ2v) is 2.70. The molecular weight excluding hydrogens is 193 g/mol. The second kappa shape index (κ2) is 2.74. The Morgan fingerprint density at radius 3 is 2.60 bits per heavy atom. The first kappa shape index (κ1) is 7.78. The van der Waals surface area contributed by atoms with Crippen molar-refractivity contribution in [3.63, 3.8) is 0 Å². The number of aromatic amines is 1. The van der Waals surface area contributed by atoms with Crippen LogP contribution >= 0.6 is 35.4 Å². The van der Waals surface area contributed by atoms with Crippen LogP contribution in [0.4, 0.5) is 5.82 Å². The Hall–Kier alpha value is -0.320. The van der Waals surface area contributed by atoms with Crippen molar-refractivity contribution < 1.29 is 0 Å². The highest BCUT2D eigenvalue weighted by molar-refractivity contribution is 7.71. The van der Waals surface area contributed by atoms with Gasteiger partial charge in [-0.15, -0.1) is 0 Å². The van der Waals surface area contributed by atoms with Gasteiger partial charge in [-0.2, -0.15) is 0 Å². The highest BCUT2D eigenvalue weighted by atomic mass is 35.5. The lowest BCUT2D eigenvalue weighted by atomic mass is 10.7. The first-order valence-corrected chi connectivity index (χ1v) is 3.48. The number of nitrogens with zero attached hydrogens (tertiary/aromatic N) is 1. The smallest absolute Gasteiger partial charge is 0.166 e. The Balaban J connectivity index is 3.43. The van der Waals surface area contributed by atoms with Crippen molar-refractivity contribution in [3.05, 3.63) is 14.9 Å². The van der Waals surface area contributed by atoms with E-state index in [9.17, 15) is 0 Å². The molecule has 0 amide bonds. The molecule has 1 aromatic rings. The van der Waals surface area contributed by atoms with Crippen molar-refractivity contribution >= 4 is 41.2 Å². The quantitative estimate of drug-likeness (QED) is 0.624. The van der Waals surface area contributed by atoms with Crippen LogP contribution in [0.1, 0.15) is 0 Å². The highest BCUT2D eigenvalue weighted by Gasteiger charge is 1.99. The monoisotopic (exact) mass is 195 g/mol. The minimum Gasteiger partial charge on any atom is -0.381 e. The fourth-order valence-electron chi connectivity index (χ4n) is 0.421. The van der Waals surface area contributed by atoms with Crippen LogP contribution in [0.5, 0.6) is 0 Å². The summed E-state index contributed by atoms with van der Waals surface area (Å²) in [5.41, 5.74) is 5.30. The molecule has 0 aromatic carbocycles. The molecule has 3 nitrogen and oxygen atoms in total. The molecule has 54 valence electrons. The molecule has 0 fully saturated rings. The number of hydrogen-bond acceptors (Lipinski definition) is 3. The first-order valence-electron chi connectivity index (χ1n) is 2.32. The van der Waals surface area contributed by atoms with Crippen LogP contribution in [-0.2, 0) is 0 Å². The topological polar surface area (TPSA) is 54.7 Å². The van der Waals surface area contributed by atoms with Crippen LogP contribution in [-0.4, -0.2) is 9.97 Å². The molecule has 0 aliphatic rings. The number of H-pyrrole nitrogens is 1. The Labute approximate surface area is 72.2 Å². The number of aromatic nitrogens is 2. The van der Waals surface area contributed by atoms with Gasteiger partial charge in [0.05, 0.1) is 0 Å². The predicted octanol–water partition coefficient (Wildman–Crippen LogP) is 2.03. The maximum Gasteiger partial charge on any atom is 0.166 e. The molecule has 1 aromatic heterocycles. The van der Waals surface area contributed by atoms with Crippen LogP contribution in [0.3, 0.4) is 0 Å². The number of nitrogen functional groups attached to an aromatic ring is 1. The summed E-state index contributed by atoms with van der Waals surface area (Å²) < 4.78 is 0.300. The Morgan fingerprint density at radius 2 is 2.10 bits per heavy atom. The summed E-state index contributed by atoms with van der Waals surface area (Å²) in [4.78, 5) is 6.22. The Morgan fingerprint density at radius 1 is 1.50 bits per heavy atom. The third-order valence-electron chi connectivity index (χ3n) is 0.856. The van der Waals surface area contributed by atoms with E-state index in [1.807, 2.05) is 0 Å². The van der Waals surface area contributed by atoms with Crippen molar-refractivity contribution in [3.8, 4) is 0 Å². The Bertz CT molecular complexity index is 308. The lowest BCUT2D eigenvalue weighted by Crippen LogP contribution is -1.94. The first-order chi connectivity index (χ1) is 4.61. The van der Waals surface area contributed by atoms with E-state index in [1.165, 1.54) is 0 Å². The SMILES string of the molecule is Nc1nc(Cl)c(Cl)[nH]c1=S. The van der Waals surface area contributed by atoms with Gasteiger partial charge in [-0.05, 0) is 0 Å². The number of anilines is 1. The zero-order chi connectivity index (χ0) is 7.72. The average Bonchev–Trinajstić information content (AvgIpc) is 1.84. The molecular formula is C4H3Cl2N3S. The fraction of sp³-hybridized carbons (Fsp3) is 0. The molecule has 0 saturated heterocycles. The van der Waals surface area contributed by atoms with Gasteiger partial charge in [0.1, 0.15) is 9.79 Å². The van der Waals surface area contributed by atoms with E-state index in [2.05, 4.69) is 9.97 Å². The number of hydrogen-bond donors (Lipinski definition) is 2. The fourth-order valence-corrected chi connectivity index (χ4v) is 0.900. The van der Waals surface area contributed by atoms with Crippen molar-refractivity contribution in [1.29, 1.82) is 0 Å². The van der Waals surface area contributed by atoms with Gasteiger partial charge in [-0.25, -0.2) is 4.98 Å². The largest absolute Gasteiger partial charge is 0.381 e. The molecule has 0 aliphatic heterocycles. The molecule has 0 atom stereocenters. The molecule has 1 heterocycles. The van der Waals surface area contributed by atoms with Crippen molar-refractivity contribution in [2.45, 2.75) is 0 Å². The van der Waals surface area contributed by atoms with Gasteiger partial charge in [-0.3, -0.25) is 0 Å². The third kappa shape index (κ3) is 1.39. The van der Waals surface area contributed by atoms with Crippen LogP contribution in [0.25, 0.3) is 0 Å². The summed E-state index contributed by atoms with van der Waals surface area (Å²) >= 11 is 15.7. The normalized spacial score (nSPS) is 9.80. The number of halogens is 2. The van der Waals surface area contributed by atoms with E-state index < -0.39 is 0 Å². The van der Waals surface area contributed by atoms with E-state index in [0.29, 0.717) is 4.64 Å². The lowest BCUT2D eigenvalue weighted by molar-refractivity contribution is 1.19. The van der Waals surface area contributed by atoms with E-state index in [1.54, 1.807) is 0 Å². The van der Waals surface area contributed by atoms with Gasteiger partial charge in [0, 0.05) is 0 Å². The molecule has 1 rings (SSSR count). The van der Waals surface area contributed by atoms with E-state index in [-0.39, 0.29) is 16.1 Å². The van der Waals surface area contributed by atoms with Gasteiger partial charge in [0.25, 0.3) is 0 Å². The summed E-state index contributed by atoms with van der Waals surface area (Å²) in [5.74, 6) is 0.185. The third-order valence-corrected chi connectivity index (χ3v) is 1.81. The van der Waals surface area contributed by atoms with Crippen molar-refractivity contribution in [1.82, 2.24) is 9.97 Å². The minimum absolute atomic E-state index is 0.132. The Kier molecular flexibility index (Phi) is 2.13. The summed E-state index contributed by atoms with van der Waals surface area (Å²) in [7, 11) is 0. The van der Waals surface area contributed by atoms with Crippen LogP contribution in [0, 0.1) is 4.64 Å². The molecule has 3 N–H and O–H groups in total. The predicted molar refractivity (Wildman–Crippen MR) is 43.9 cm³/mol. The van der Waals surface area contributed by atoms with Gasteiger partial charge >= 0.3 is 0 Å². The minimum atomic E-state index is 0.132. The summed E-state index contributed by atoms with van der Waals surface area (Å²) in [6.45, 7) is 0. The summed E-state index contributed by atoms with van der Waals surface area (Å²) in [6, 6.07) is 0. The molecule has 0 unspecified atom stereocenters. The molecule has 0 aliphatic carbocycles. The summed E-state index contributed by atoms with van der Waals surface area (Å²) in [6.07, 6.45) is 0. The zero-order valence-corrected chi connectivity index (χ0v) is 7.02. The second-order valence-electron chi connectivity index (χ2n) is 1.56. The van der Waals surface area contributed by atoms with Crippen molar-refractivity contribution in [2.24, 2.45) is 0 Å². The van der Waals surface area contributed by atoms with E-state index >= 15 is 0 Å². The van der Waals surface area contributed by atoms with Crippen LogP contribution in [0.15, 0.2) is 0 Å². The molecule has 6 heteroatoms. The zero-order valence-electron chi connectivity index (χ0n) is 4.69. The molecule has 0 spiro atoms. The number of nitrogens with two attached hydrogens (primary N) is 1. The van der Waals surface area contributed by atoms with Gasteiger partial charge in [0.2, 0.25) is 0 Å². The maximum absolute atomic E-state index is 5.51. The lowest BCUT2D eigenvalue weighted by Gasteiger charge is -1.95. The van der Waals surface area contributed by atoms with Gasteiger partial charge in [0.15, 0.2) is 11.0 Å². The maximum atomic E-state index is 5.51. The molecule has 0 saturated carbocycles. The van der Waals surface area contributed by atoms with E-state index in [4.69, 9.17) is 41.2 Å². The number of nitrogens with one attached hydrogen (secondary N) is 1. The van der Waals surface area contributed by atoms with Crippen LogP contribution < -0.4 is 5.73 Å². The molecule has 0 radical (unpaired) electrons. The van der Waals surface area contributed by atoms with Crippen LogP contribution in [0.2, 0.25) is 10.3 Å². The van der Waals surface area contributed by atoms with Crippen molar-refractivity contribution in [2.75, 3.05) is 5.73 Å². The number of rotatable bonds is 0. The summed E-state index contributed by atoms with van der Waals surface area (Å²) in [5, 5.41) is 0.341. The average molecular weight is 196 g/mol. The van der Waals surface area contributed by atoms with Gasteiger partial charge < -0.3 is 10.7 Å². The van der Waals surface area contributed by atoms with Gasteiger partial charge in [-0.1, -0.05) is 35.4 Å². The highest BCUT2D eigenvalue weighted by Crippen LogP contribution is 2.17.